The number of benzene rings is 1. The molecule has 0 aliphatic heterocycles. The molecule has 2 aromatic heterocycles. The Morgan fingerprint density at radius 3 is 2.61 bits per heavy atom. The summed E-state index contributed by atoms with van der Waals surface area (Å²) in [5.74, 6) is 0.566. The molecule has 0 spiro atoms. The normalized spacial score (nSPS) is 12.2. The summed E-state index contributed by atoms with van der Waals surface area (Å²) in [6, 6.07) is 4.76. The van der Waals surface area contributed by atoms with Gasteiger partial charge in [0.05, 0.1) is 22.0 Å². The number of halogens is 3. The van der Waals surface area contributed by atoms with Gasteiger partial charge >= 0.3 is 6.18 Å². The Labute approximate surface area is 133 Å². The Morgan fingerprint density at radius 1 is 1.17 bits per heavy atom. The van der Waals surface area contributed by atoms with Crippen LogP contribution in [0.3, 0.4) is 0 Å². The number of thiophene rings is 1. The third-order valence-electron chi connectivity index (χ3n) is 3.15. The highest BCUT2D eigenvalue weighted by atomic mass is 32.1. The molecule has 3 rings (SSSR count). The third kappa shape index (κ3) is 3.31. The number of nitrogens with zero attached hydrogens (tertiary/aromatic N) is 3. The Bertz CT molecular complexity index is 853. The highest BCUT2D eigenvalue weighted by Gasteiger charge is 2.29. The SMILES string of the molecule is Cc1csc2c(NN=Cc3ccc(C(F)(F)F)cc3)ncnc12. The number of nitrogens with one attached hydrogen (secondary N) is 1. The Hall–Kier alpha value is -2.48. The van der Waals surface area contributed by atoms with Crippen LogP contribution in [-0.4, -0.2) is 16.2 Å². The summed E-state index contributed by atoms with van der Waals surface area (Å²) < 4.78 is 38.3. The first-order valence-corrected chi connectivity index (χ1v) is 7.48. The van der Waals surface area contributed by atoms with Crippen LogP contribution in [0, 0.1) is 6.92 Å². The van der Waals surface area contributed by atoms with Gasteiger partial charge in [-0.15, -0.1) is 11.3 Å². The number of fused-ring (bicyclic) bond motifs is 1. The summed E-state index contributed by atoms with van der Waals surface area (Å²) in [5.41, 5.74) is 4.58. The number of anilines is 1. The third-order valence-corrected chi connectivity index (χ3v) is 4.25. The van der Waals surface area contributed by atoms with E-state index in [9.17, 15) is 13.2 Å². The van der Waals surface area contributed by atoms with E-state index in [4.69, 9.17) is 0 Å². The lowest BCUT2D eigenvalue weighted by molar-refractivity contribution is -0.137. The molecule has 0 aliphatic carbocycles. The fraction of sp³-hybridized carbons (Fsp3) is 0.133. The number of hydrogen-bond acceptors (Lipinski definition) is 5. The second-order valence-corrected chi connectivity index (χ2v) is 5.69. The number of hydrazone groups is 1. The van der Waals surface area contributed by atoms with Crippen molar-refractivity contribution in [2.75, 3.05) is 5.43 Å². The van der Waals surface area contributed by atoms with Crippen molar-refractivity contribution in [3.8, 4) is 0 Å². The lowest BCUT2D eigenvalue weighted by atomic mass is 10.1. The maximum Gasteiger partial charge on any atom is 0.416 e. The zero-order valence-electron chi connectivity index (χ0n) is 11.9. The van der Waals surface area contributed by atoms with Gasteiger partial charge in [0.15, 0.2) is 5.82 Å². The summed E-state index contributed by atoms with van der Waals surface area (Å²) in [5, 5.41) is 6.00. The van der Waals surface area contributed by atoms with Crippen LogP contribution < -0.4 is 5.43 Å². The molecule has 0 amide bonds. The summed E-state index contributed by atoms with van der Waals surface area (Å²) in [7, 11) is 0. The molecule has 1 N–H and O–H groups in total. The van der Waals surface area contributed by atoms with Crippen LogP contribution in [-0.2, 0) is 6.18 Å². The molecule has 0 radical (unpaired) electrons. The predicted octanol–water partition coefficient (Wildman–Crippen LogP) is 4.46. The molecular weight excluding hydrogens is 325 g/mol. The molecule has 118 valence electrons. The minimum Gasteiger partial charge on any atom is -0.260 e. The van der Waals surface area contributed by atoms with E-state index in [1.807, 2.05) is 12.3 Å². The second-order valence-electron chi connectivity index (χ2n) is 4.81. The quantitative estimate of drug-likeness (QED) is 0.567. The molecular formula is C15H11F3N4S. The van der Waals surface area contributed by atoms with E-state index >= 15 is 0 Å². The minimum absolute atomic E-state index is 0.554. The van der Waals surface area contributed by atoms with Crippen LogP contribution in [0.2, 0.25) is 0 Å². The molecule has 1 aromatic carbocycles. The van der Waals surface area contributed by atoms with E-state index in [1.54, 1.807) is 0 Å². The van der Waals surface area contributed by atoms with Crippen molar-refractivity contribution in [1.82, 2.24) is 9.97 Å². The summed E-state index contributed by atoms with van der Waals surface area (Å²) in [6.07, 6.45) is -1.45. The van der Waals surface area contributed by atoms with Gasteiger partial charge in [0.2, 0.25) is 0 Å². The maximum atomic E-state index is 12.5. The fourth-order valence-corrected chi connectivity index (χ4v) is 2.92. The maximum absolute atomic E-state index is 12.5. The van der Waals surface area contributed by atoms with Crippen LogP contribution in [0.1, 0.15) is 16.7 Å². The highest BCUT2D eigenvalue weighted by molar-refractivity contribution is 7.18. The van der Waals surface area contributed by atoms with Crippen molar-refractivity contribution in [2.24, 2.45) is 5.10 Å². The molecule has 2 heterocycles. The summed E-state index contributed by atoms with van der Waals surface area (Å²) in [4.78, 5) is 8.32. The lowest BCUT2D eigenvalue weighted by Gasteiger charge is -2.05. The number of aryl methyl sites for hydroxylation is 1. The van der Waals surface area contributed by atoms with Gasteiger partial charge in [-0.05, 0) is 35.6 Å². The van der Waals surface area contributed by atoms with Gasteiger partial charge < -0.3 is 0 Å². The average molecular weight is 336 g/mol. The predicted molar refractivity (Wildman–Crippen MR) is 84.8 cm³/mol. The molecule has 0 saturated carbocycles. The smallest absolute Gasteiger partial charge is 0.260 e. The number of alkyl halides is 3. The van der Waals surface area contributed by atoms with Crippen LogP contribution in [0.25, 0.3) is 10.2 Å². The number of hydrogen-bond donors (Lipinski definition) is 1. The molecule has 0 atom stereocenters. The Kier molecular flexibility index (Phi) is 3.99. The van der Waals surface area contributed by atoms with Crippen molar-refractivity contribution in [3.63, 3.8) is 0 Å². The second kappa shape index (κ2) is 5.96. The molecule has 0 aliphatic rings. The van der Waals surface area contributed by atoms with Crippen molar-refractivity contribution >= 4 is 33.6 Å². The molecule has 23 heavy (non-hydrogen) atoms. The van der Waals surface area contributed by atoms with Gasteiger partial charge in [0.1, 0.15) is 6.33 Å². The largest absolute Gasteiger partial charge is 0.416 e. The molecule has 0 unspecified atom stereocenters. The standard InChI is InChI=1S/C15H11F3N4S/c1-9-7-23-13-12(9)19-8-20-14(13)22-21-6-10-2-4-11(5-3-10)15(16,17)18/h2-8H,1H3,(H,19,20,22). The van der Waals surface area contributed by atoms with Gasteiger partial charge in [-0.25, -0.2) is 9.97 Å². The van der Waals surface area contributed by atoms with Gasteiger partial charge in [0, 0.05) is 0 Å². The average Bonchev–Trinajstić information content (AvgIpc) is 2.90. The number of rotatable bonds is 3. The van der Waals surface area contributed by atoms with E-state index in [0.29, 0.717) is 11.4 Å². The molecule has 0 bridgehead atoms. The van der Waals surface area contributed by atoms with E-state index in [2.05, 4.69) is 20.5 Å². The van der Waals surface area contributed by atoms with E-state index in [-0.39, 0.29) is 0 Å². The van der Waals surface area contributed by atoms with Gasteiger partial charge in [-0.2, -0.15) is 18.3 Å². The monoisotopic (exact) mass is 336 g/mol. The van der Waals surface area contributed by atoms with Crippen LogP contribution in [0.4, 0.5) is 19.0 Å². The first-order chi connectivity index (χ1) is 10.9. The fourth-order valence-electron chi connectivity index (χ4n) is 1.98. The summed E-state index contributed by atoms with van der Waals surface area (Å²) in [6.45, 7) is 1.96. The van der Waals surface area contributed by atoms with Crippen molar-refractivity contribution < 1.29 is 13.2 Å². The summed E-state index contributed by atoms with van der Waals surface area (Å²) >= 11 is 1.51. The molecule has 3 aromatic rings. The van der Waals surface area contributed by atoms with Gasteiger partial charge in [-0.1, -0.05) is 12.1 Å². The first kappa shape index (κ1) is 15.4. The topological polar surface area (TPSA) is 50.2 Å². The molecule has 0 fully saturated rings. The first-order valence-electron chi connectivity index (χ1n) is 6.60. The van der Waals surface area contributed by atoms with E-state index in [1.165, 1.54) is 36.0 Å². The lowest BCUT2D eigenvalue weighted by Crippen LogP contribution is -2.04. The van der Waals surface area contributed by atoms with Crippen molar-refractivity contribution in [1.29, 1.82) is 0 Å². The zero-order chi connectivity index (χ0) is 16.4. The van der Waals surface area contributed by atoms with Gasteiger partial charge in [-0.3, -0.25) is 5.43 Å². The van der Waals surface area contributed by atoms with Crippen molar-refractivity contribution in [3.05, 3.63) is 52.7 Å². The zero-order valence-corrected chi connectivity index (χ0v) is 12.7. The molecule has 8 heteroatoms. The van der Waals surface area contributed by atoms with Gasteiger partial charge in [0.25, 0.3) is 0 Å². The van der Waals surface area contributed by atoms with Crippen LogP contribution >= 0.6 is 11.3 Å². The van der Waals surface area contributed by atoms with Crippen molar-refractivity contribution in [2.45, 2.75) is 13.1 Å². The Morgan fingerprint density at radius 2 is 1.91 bits per heavy atom. The molecule has 4 nitrogen and oxygen atoms in total. The number of aromatic nitrogens is 2. The van der Waals surface area contributed by atoms with Crippen LogP contribution in [0.15, 0.2) is 41.1 Å². The molecule has 0 saturated heterocycles. The Balaban J connectivity index is 1.76. The van der Waals surface area contributed by atoms with Crippen LogP contribution in [0.5, 0.6) is 0 Å². The minimum atomic E-state index is -4.34. The van der Waals surface area contributed by atoms with E-state index < -0.39 is 11.7 Å². The highest BCUT2D eigenvalue weighted by Crippen LogP contribution is 2.29. The van der Waals surface area contributed by atoms with E-state index in [0.717, 1.165) is 27.9 Å².